The van der Waals surface area contributed by atoms with Gasteiger partial charge in [-0.3, -0.25) is 9.97 Å². The van der Waals surface area contributed by atoms with Gasteiger partial charge in [0.25, 0.3) is 0 Å². The number of nitrogens with zero attached hydrogens (tertiary/aromatic N) is 4. The van der Waals surface area contributed by atoms with Gasteiger partial charge in [0.1, 0.15) is 5.69 Å². The molecule has 92 valence electrons. The molecule has 0 N–H and O–H groups in total. The van der Waals surface area contributed by atoms with Gasteiger partial charge in [-0.2, -0.15) is 0 Å². The third-order valence-corrected chi connectivity index (χ3v) is 2.43. The second-order valence-corrected chi connectivity index (χ2v) is 3.63. The molecule has 0 unspecified atom stereocenters. The van der Waals surface area contributed by atoms with E-state index < -0.39 is 0 Å². The Labute approximate surface area is 106 Å². The Kier molecular flexibility index (Phi) is 3.67. The van der Waals surface area contributed by atoms with Crippen molar-refractivity contribution in [2.75, 3.05) is 0 Å². The Bertz CT molecular complexity index is 629. The summed E-state index contributed by atoms with van der Waals surface area (Å²) in [5, 5.41) is 0. The van der Waals surface area contributed by atoms with Crippen molar-refractivity contribution in [3.05, 3.63) is 48.8 Å². The second kappa shape index (κ2) is 5.40. The van der Waals surface area contributed by atoms with Crippen molar-refractivity contribution < 1.29 is 0 Å². The molecule has 0 aliphatic carbocycles. The van der Waals surface area contributed by atoms with Crippen LogP contribution >= 0.6 is 0 Å². The first-order valence-corrected chi connectivity index (χ1v) is 6.05. The monoisotopic (exact) mass is 240 g/mol. The number of aryl methyl sites for hydroxylation is 1. The highest BCUT2D eigenvalue weighted by Crippen LogP contribution is 2.20. The van der Waals surface area contributed by atoms with Crippen molar-refractivity contribution >= 4 is 5.65 Å². The largest absolute Gasteiger partial charge is 0.303 e. The van der Waals surface area contributed by atoms with Gasteiger partial charge in [-0.15, -0.1) is 0 Å². The van der Waals surface area contributed by atoms with E-state index in [-0.39, 0.29) is 0 Å². The first-order valence-electron chi connectivity index (χ1n) is 6.05. The van der Waals surface area contributed by atoms with Crippen LogP contribution in [0.15, 0.2) is 43.1 Å². The predicted octanol–water partition coefficient (Wildman–Crippen LogP) is 3.13. The second-order valence-electron chi connectivity index (χ2n) is 3.63. The van der Waals surface area contributed by atoms with Crippen LogP contribution in [0.2, 0.25) is 0 Å². The molecule has 4 nitrogen and oxygen atoms in total. The maximum atomic E-state index is 4.46. The first-order chi connectivity index (χ1) is 8.84. The van der Waals surface area contributed by atoms with E-state index in [0.717, 1.165) is 22.6 Å². The Balaban J connectivity index is 0.000000574. The first kappa shape index (κ1) is 12.2. The van der Waals surface area contributed by atoms with Crippen LogP contribution in [0, 0.1) is 6.92 Å². The minimum absolute atomic E-state index is 0.865. The average Bonchev–Trinajstić information content (AvgIpc) is 2.82. The van der Waals surface area contributed by atoms with E-state index in [1.54, 1.807) is 18.6 Å². The molecule has 0 aromatic carbocycles. The fourth-order valence-corrected chi connectivity index (χ4v) is 1.75. The third-order valence-electron chi connectivity index (χ3n) is 2.43. The highest BCUT2D eigenvalue weighted by molar-refractivity contribution is 5.72. The molecule has 0 amide bonds. The average molecular weight is 240 g/mol. The summed E-state index contributed by atoms with van der Waals surface area (Å²) in [4.78, 5) is 12.9. The number of aromatic nitrogens is 4. The Hall–Kier alpha value is -2.23. The number of rotatable bonds is 1. The zero-order valence-corrected chi connectivity index (χ0v) is 10.8. The Morgan fingerprint density at radius 2 is 2.00 bits per heavy atom. The van der Waals surface area contributed by atoms with Crippen LogP contribution in [-0.4, -0.2) is 19.4 Å². The number of pyridine rings is 1. The molecule has 0 atom stereocenters. The van der Waals surface area contributed by atoms with Crippen molar-refractivity contribution in [2.45, 2.75) is 20.8 Å². The molecule has 3 aromatic heterocycles. The van der Waals surface area contributed by atoms with Gasteiger partial charge in [0.15, 0.2) is 5.65 Å². The van der Waals surface area contributed by atoms with Gasteiger partial charge in [-0.25, -0.2) is 4.98 Å². The van der Waals surface area contributed by atoms with E-state index in [9.17, 15) is 0 Å². The highest BCUT2D eigenvalue weighted by atomic mass is 15.0. The summed E-state index contributed by atoms with van der Waals surface area (Å²) in [5.41, 5.74) is 3.70. The van der Waals surface area contributed by atoms with Crippen molar-refractivity contribution in [1.82, 2.24) is 19.4 Å². The van der Waals surface area contributed by atoms with Crippen LogP contribution < -0.4 is 0 Å². The van der Waals surface area contributed by atoms with Crippen LogP contribution in [0.1, 0.15) is 19.5 Å². The van der Waals surface area contributed by atoms with E-state index in [2.05, 4.69) is 15.0 Å². The third kappa shape index (κ3) is 2.22. The van der Waals surface area contributed by atoms with Gasteiger partial charge in [0.2, 0.25) is 0 Å². The molecule has 4 heteroatoms. The maximum absolute atomic E-state index is 4.46. The molecule has 0 saturated heterocycles. The molecule has 3 aromatic rings. The summed E-state index contributed by atoms with van der Waals surface area (Å²) in [5.74, 6) is 0. The lowest BCUT2D eigenvalue weighted by atomic mass is 10.2. The topological polar surface area (TPSA) is 43.1 Å². The Morgan fingerprint density at radius 1 is 1.17 bits per heavy atom. The molecule has 0 radical (unpaired) electrons. The standard InChI is InChI=1S/C12H10N4.C2H6/c1-9-8-16-6-5-14-11(12(16)15-9)10-3-2-4-13-7-10;1-2/h2-8H,1H3;1-2H3. The minimum Gasteiger partial charge on any atom is -0.303 e. The van der Waals surface area contributed by atoms with E-state index in [0.29, 0.717) is 0 Å². The number of fused-ring (bicyclic) bond motifs is 1. The maximum Gasteiger partial charge on any atom is 0.163 e. The number of imidazole rings is 1. The van der Waals surface area contributed by atoms with Crippen molar-refractivity contribution in [3.8, 4) is 11.3 Å². The van der Waals surface area contributed by atoms with Gasteiger partial charge in [0, 0.05) is 36.5 Å². The fraction of sp³-hybridized carbons (Fsp3) is 0.214. The summed E-state index contributed by atoms with van der Waals surface area (Å²) in [7, 11) is 0. The van der Waals surface area contributed by atoms with Gasteiger partial charge in [0.05, 0.1) is 5.69 Å². The van der Waals surface area contributed by atoms with Crippen LogP contribution in [0.25, 0.3) is 16.9 Å². The van der Waals surface area contributed by atoms with Gasteiger partial charge < -0.3 is 4.40 Å². The molecule has 18 heavy (non-hydrogen) atoms. The molecule has 0 bridgehead atoms. The number of hydrogen-bond acceptors (Lipinski definition) is 3. The van der Waals surface area contributed by atoms with Crippen molar-refractivity contribution in [3.63, 3.8) is 0 Å². The van der Waals surface area contributed by atoms with E-state index in [1.165, 1.54) is 0 Å². The van der Waals surface area contributed by atoms with Crippen LogP contribution in [-0.2, 0) is 0 Å². The van der Waals surface area contributed by atoms with Crippen molar-refractivity contribution in [2.24, 2.45) is 0 Å². The zero-order valence-electron chi connectivity index (χ0n) is 10.8. The van der Waals surface area contributed by atoms with E-state index >= 15 is 0 Å². The summed E-state index contributed by atoms with van der Waals surface area (Å²) in [6.07, 6.45) is 9.20. The summed E-state index contributed by atoms with van der Waals surface area (Å²) in [6.45, 7) is 5.97. The highest BCUT2D eigenvalue weighted by Gasteiger charge is 2.07. The lowest BCUT2D eigenvalue weighted by Crippen LogP contribution is -1.91. The molecule has 3 rings (SSSR count). The zero-order chi connectivity index (χ0) is 13.0. The van der Waals surface area contributed by atoms with Crippen LogP contribution in [0.4, 0.5) is 0 Å². The minimum atomic E-state index is 0.865. The van der Waals surface area contributed by atoms with Gasteiger partial charge in [-0.1, -0.05) is 13.8 Å². The van der Waals surface area contributed by atoms with Crippen LogP contribution in [0.5, 0.6) is 0 Å². The van der Waals surface area contributed by atoms with E-state index in [4.69, 9.17) is 0 Å². The molecule has 3 heterocycles. The summed E-state index contributed by atoms with van der Waals surface area (Å²) in [6, 6.07) is 3.88. The molecule has 0 aliphatic heterocycles. The molecule has 0 saturated carbocycles. The molecule has 0 fully saturated rings. The quantitative estimate of drug-likeness (QED) is 0.656. The SMILES string of the molecule is CC.Cc1cn2ccnc(-c3cccnc3)c2n1. The lowest BCUT2D eigenvalue weighted by molar-refractivity contribution is 1.13. The summed E-state index contributed by atoms with van der Waals surface area (Å²) >= 11 is 0. The molecule has 0 spiro atoms. The molecule has 0 aliphatic rings. The molecular formula is C14H16N4. The molecular weight excluding hydrogens is 224 g/mol. The predicted molar refractivity (Wildman–Crippen MR) is 72.3 cm³/mol. The summed E-state index contributed by atoms with van der Waals surface area (Å²) < 4.78 is 1.98. The smallest absolute Gasteiger partial charge is 0.163 e. The lowest BCUT2D eigenvalue weighted by Gasteiger charge is -2.01. The number of hydrogen-bond donors (Lipinski definition) is 0. The van der Waals surface area contributed by atoms with Gasteiger partial charge in [-0.05, 0) is 19.1 Å². The van der Waals surface area contributed by atoms with Crippen LogP contribution in [0.3, 0.4) is 0 Å². The fourth-order valence-electron chi connectivity index (χ4n) is 1.75. The Morgan fingerprint density at radius 3 is 2.72 bits per heavy atom. The van der Waals surface area contributed by atoms with Gasteiger partial charge >= 0.3 is 0 Å². The van der Waals surface area contributed by atoms with E-state index in [1.807, 2.05) is 49.7 Å². The van der Waals surface area contributed by atoms with Crippen molar-refractivity contribution in [1.29, 1.82) is 0 Å². The normalized spacial score (nSPS) is 9.94.